The van der Waals surface area contributed by atoms with Crippen LogP contribution < -0.4 is 5.73 Å². The summed E-state index contributed by atoms with van der Waals surface area (Å²) in [4.78, 5) is 0. The molecule has 0 aliphatic carbocycles. The SMILES string of the molecule is C=C(/C(N)=C(\C)O)c1ccccc1. The van der Waals surface area contributed by atoms with Gasteiger partial charge in [-0.1, -0.05) is 36.9 Å². The zero-order chi connectivity index (χ0) is 9.84. The van der Waals surface area contributed by atoms with E-state index in [1.54, 1.807) is 6.92 Å². The molecule has 0 aliphatic rings. The van der Waals surface area contributed by atoms with Crippen LogP contribution in [0, 0.1) is 0 Å². The summed E-state index contributed by atoms with van der Waals surface area (Å²) in [5.74, 6) is 0.105. The highest BCUT2D eigenvalue weighted by molar-refractivity contribution is 5.76. The van der Waals surface area contributed by atoms with E-state index < -0.39 is 0 Å². The Bertz CT molecular complexity index is 334. The van der Waals surface area contributed by atoms with Crippen molar-refractivity contribution >= 4 is 5.57 Å². The lowest BCUT2D eigenvalue weighted by molar-refractivity contribution is 0.409. The Morgan fingerprint density at radius 2 is 1.85 bits per heavy atom. The minimum absolute atomic E-state index is 0.105. The Labute approximate surface area is 78.0 Å². The van der Waals surface area contributed by atoms with E-state index in [1.807, 2.05) is 30.3 Å². The molecule has 0 unspecified atom stereocenters. The van der Waals surface area contributed by atoms with E-state index in [-0.39, 0.29) is 5.76 Å². The van der Waals surface area contributed by atoms with Gasteiger partial charge in [0.05, 0.1) is 5.70 Å². The molecule has 0 saturated heterocycles. The highest BCUT2D eigenvalue weighted by Crippen LogP contribution is 2.18. The van der Waals surface area contributed by atoms with Crippen molar-refractivity contribution in [1.29, 1.82) is 0 Å². The van der Waals surface area contributed by atoms with Gasteiger partial charge >= 0.3 is 0 Å². The Balaban J connectivity index is 3.00. The molecule has 0 fully saturated rings. The van der Waals surface area contributed by atoms with Crippen LogP contribution in [0.25, 0.3) is 5.57 Å². The van der Waals surface area contributed by atoms with Gasteiger partial charge in [0.25, 0.3) is 0 Å². The Morgan fingerprint density at radius 3 is 2.31 bits per heavy atom. The molecule has 0 atom stereocenters. The molecule has 1 rings (SSSR count). The van der Waals surface area contributed by atoms with E-state index in [0.717, 1.165) is 5.56 Å². The molecule has 0 radical (unpaired) electrons. The predicted octanol–water partition coefficient (Wildman–Crippen LogP) is 2.45. The smallest absolute Gasteiger partial charge is 0.113 e. The van der Waals surface area contributed by atoms with Crippen molar-refractivity contribution in [1.82, 2.24) is 0 Å². The Kier molecular flexibility index (Phi) is 2.75. The van der Waals surface area contributed by atoms with Crippen LogP contribution in [0.4, 0.5) is 0 Å². The van der Waals surface area contributed by atoms with Crippen LogP contribution in [0.5, 0.6) is 0 Å². The van der Waals surface area contributed by atoms with Crippen LogP contribution in [0.3, 0.4) is 0 Å². The molecule has 2 nitrogen and oxygen atoms in total. The molecule has 1 aromatic rings. The summed E-state index contributed by atoms with van der Waals surface area (Å²) < 4.78 is 0. The lowest BCUT2D eigenvalue weighted by atomic mass is 10.0. The number of nitrogens with two attached hydrogens (primary N) is 1. The fraction of sp³-hybridized carbons (Fsp3) is 0.0909. The van der Waals surface area contributed by atoms with Crippen molar-refractivity contribution in [2.24, 2.45) is 5.73 Å². The second-order valence-corrected chi connectivity index (χ2v) is 2.84. The molecule has 68 valence electrons. The first kappa shape index (κ1) is 9.39. The molecule has 3 N–H and O–H groups in total. The molecule has 0 heterocycles. The standard InChI is InChI=1S/C11H13NO/c1-8(11(12)9(2)13)10-6-4-3-5-7-10/h3-7,13H,1,12H2,2H3/b11-9-. The molecular formula is C11H13NO. The highest BCUT2D eigenvalue weighted by atomic mass is 16.3. The van der Waals surface area contributed by atoms with Crippen molar-refractivity contribution < 1.29 is 5.11 Å². The van der Waals surface area contributed by atoms with Gasteiger partial charge in [-0.15, -0.1) is 0 Å². The molecular weight excluding hydrogens is 162 g/mol. The van der Waals surface area contributed by atoms with Crippen molar-refractivity contribution in [2.75, 3.05) is 0 Å². The topological polar surface area (TPSA) is 46.2 Å². The molecule has 2 heteroatoms. The fourth-order valence-electron chi connectivity index (χ4n) is 1.01. The third kappa shape index (κ3) is 2.12. The lowest BCUT2D eigenvalue weighted by Gasteiger charge is -2.06. The van der Waals surface area contributed by atoms with E-state index in [0.29, 0.717) is 11.3 Å². The molecule has 13 heavy (non-hydrogen) atoms. The second-order valence-electron chi connectivity index (χ2n) is 2.84. The third-order valence-electron chi connectivity index (χ3n) is 1.84. The summed E-state index contributed by atoms with van der Waals surface area (Å²) >= 11 is 0. The van der Waals surface area contributed by atoms with Crippen LogP contribution in [0.1, 0.15) is 12.5 Å². The maximum atomic E-state index is 9.15. The summed E-state index contributed by atoms with van der Waals surface area (Å²) in [6.45, 7) is 5.35. The van der Waals surface area contributed by atoms with Crippen LogP contribution in [-0.4, -0.2) is 5.11 Å². The largest absolute Gasteiger partial charge is 0.510 e. The van der Waals surface area contributed by atoms with Gasteiger partial charge in [-0.3, -0.25) is 0 Å². The van der Waals surface area contributed by atoms with E-state index in [2.05, 4.69) is 6.58 Å². The van der Waals surface area contributed by atoms with Crippen molar-refractivity contribution in [3.63, 3.8) is 0 Å². The number of allylic oxidation sites excluding steroid dienone is 2. The summed E-state index contributed by atoms with van der Waals surface area (Å²) in [7, 11) is 0. The van der Waals surface area contributed by atoms with Gasteiger partial charge in [-0.2, -0.15) is 0 Å². The van der Waals surface area contributed by atoms with E-state index in [4.69, 9.17) is 10.8 Å². The number of hydrogen-bond acceptors (Lipinski definition) is 2. The number of rotatable bonds is 2. The van der Waals surface area contributed by atoms with E-state index >= 15 is 0 Å². The number of benzene rings is 1. The fourth-order valence-corrected chi connectivity index (χ4v) is 1.01. The minimum atomic E-state index is 0.105. The van der Waals surface area contributed by atoms with Crippen molar-refractivity contribution in [3.05, 3.63) is 53.9 Å². The molecule has 0 saturated carbocycles. The van der Waals surface area contributed by atoms with Crippen LogP contribution in [-0.2, 0) is 0 Å². The molecule has 0 amide bonds. The summed E-state index contributed by atoms with van der Waals surface area (Å²) in [5.41, 5.74) is 7.54. The zero-order valence-electron chi connectivity index (χ0n) is 7.62. The quantitative estimate of drug-likeness (QED) is 0.535. The Morgan fingerprint density at radius 1 is 1.31 bits per heavy atom. The molecule has 0 bridgehead atoms. The average molecular weight is 175 g/mol. The lowest BCUT2D eigenvalue weighted by Crippen LogP contribution is -2.02. The van der Waals surface area contributed by atoms with Gasteiger partial charge < -0.3 is 10.8 Å². The summed E-state index contributed by atoms with van der Waals surface area (Å²) in [5, 5.41) is 9.15. The van der Waals surface area contributed by atoms with Gasteiger partial charge in [0.15, 0.2) is 0 Å². The molecule has 0 spiro atoms. The highest BCUT2D eigenvalue weighted by Gasteiger charge is 2.03. The van der Waals surface area contributed by atoms with Gasteiger partial charge in [0.1, 0.15) is 5.76 Å². The zero-order valence-corrected chi connectivity index (χ0v) is 7.62. The van der Waals surface area contributed by atoms with Gasteiger partial charge in [0.2, 0.25) is 0 Å². The number of hydrogen-bond donors (Lipinski definition) is 2. The van der Waals surface area contributed by atoms with Crippen LogP contribution >= 0.6 is 0 Å². The third-order valence-corrected chi connectivity index (χ3v) is 1.84. The van der Waals surface area contributed by atoms with Gasteiger partial charge in [-0.25, -0.2) is 0 Å². The number of aliphatic hydroxyl groups is 1. The summed E-state index contributed by atoms with van der Waals surface area (Å²) in [6, 6.07) is 9.53. The first-order chi connectivity index (χ1) is 6.13. The van der Waals surface area contributed by atoms with Crippen LogP contribution in [0.15, 0.2) is 48.4 Å². The predicted molar refractivity (Wildman–Crippen MR) is 55.0 cm³/mol. The second kappa shape index (κ2) is 3.81. The normalized spacial score (nSPS) is 12.1. The monoisotopic (exact) mass is 175 g/mol. The molecule has 0 aliphatic heterocycles. The molecule has 0 aromatic heterocycles. The van der Waals surface area contributed by atoms with Gasteiger partial charge in [0, 0.05) is 5.57 Å². The minimum Gasteiger partial charge on any atom is -0.510 e. The average Bonchev–Trinajstić information content (AvgIpc) is 2.17. The summed E-state index contributed by atoms with van der Waals surface area (Å²) in [6.07, 6.45) is 0. The maximum Gasteiger partial charge on any atom is 0.113 e. The van der Waals surface area contributed by atoms with Crippen molar-refractivity contribution in [2.45, 2.75) is 6.92 Å². The first-order valence-corrected chi connectivity index (χ1v) is 4.03. The first-order valence-electron chi connectivity index (χ1n) is 4.03. The van der Waals surface area contributed by atoms with Gasteiger partial charge in [-0.05, 0) is 12.5 Å². The van der Waals surface area contributed by atoms with Crippen LogP contribution in [0.2, 0.25) is 0 Å². The van der Waals surface area contributed by atoms with E-state index in [1.165, 1.54) is 0 Å². The Hall–Kier alpha value is -1.70. The maximum absolute atomic E-state index is 9.15. The molecule has 1 aromatic carbocycles. The number of aliphatic hydroxyl groups excluding tert-OH is 1. The van der Waals surface area contributed by atoms with Crippen molar-refractivity contribution in [3.8, 4) is 0 Å². The van der Waals surface area contributed by atoms with E-state index in [9.17, 15) is 0 Å².